The maximum Gasteiger partial charge on any atom is 0.220 e. The molecule has 0 aromatic heterocycles. The van der Waals surface area contributed by atoms with Crippen molar-refractivity contribution < 1.29 is 9.53 Å². The molecule has 7 nitrogen and oxygen atoms in total. The number of nitrogens with one attached hydrogen (secondary N) is 3. The summed E-state index contributed by atoms with van der Waals surface area (Å²) in [5.41, 5.74) is 0. The Morgan fingerprint density at radius 3 is 2.74 bits per heavy atom. The second-order valence-corrected chi connectivity index (χ2v) is 6.09. The second kappa shape index (κ2) is 10.4. The summed E-state index contributed by atoms with van der Waals surface area (Å²) in [6.45, 7) is 9.11. The molecule has 1 heterocycles. The predicted molar refractivity (Wildman–Crippen MR) is 91.6 cm³/mol. The summed E-state index contributed by atoms with van der Waals surface area (Å²) < 4.78 is 5.35. The van der Waals surface area contributed by atoms with E-state index >= 15 is 0 Å². The number of carbonyl (C=O) groups is 1. The van der Waals surface area contributed by atoms with Crippen LogP contribution in [0.5, 0.6) is 0 Å². The van der Waals surface area contributed by atoms with Crippen molar-refractivity contribution in [3.63, 3.8) is 0 Å². The molecule has 7 heteroatoms. The molecule has 0 bridgehead atoms. The molecule has 2 rings (SSSR count). The number of hydrogen-bond acceptors (Lipinski definition) is 4. The molecule has 0 aromatic carbocycles. The number of amides is 1. The molecule has 0 unspecified atom stereocenters. The van der Waals surface area contributed by atoms with Gasteiger partial charge in [0.15, 0.2) is 5.96 Å². The first kappa shape index (κ1) is 18.0. The van der Waals surface area contributed by atoms with E-state index in [2.05, 4.69) is 32.8 Å². The normalized spacial score (nSPS) is 19.4. The first-order valence-electron chi connectivity index (χ1n) is 8.89. The van der Waals surface area contributed by atoms with Gasteiger partial charge in [0.25, 0.3) is 0 Å². The zero-order chi connectivity index (χ0) is 16.3. The molecule has 0 aromatic rings. The molecule has 0 radical (unpaired) electrons. The maximum atomic E-state index is 11.6. The highest BCUT2D eigenvalue weighted by molar-refractivity contribution is 5.80. The number of guanidine groups is 1. The minimum absolute atomic E-state index is 0.160. The summed E-state index contributed by atoms with van der Waals surface area (Å²) >= 11 is 0. The van der Waals surface area contributed by atoms with Crippen LogP contribution in [-0.4, -0.2) is 75.3 Å². The van der Waals surface area contributed by atoms with E-state index < -0.39 is 0 Å². The van der Waals surface area contributed by atoms with E-state index in [4.69, 9.17) is 4.74 Å². The molecule has 1 amide bonds. The lowest BCUT2D eigenvalue weighted by Gasteiger charge is -2.26. The molecule has 0 spiro atoms. The third kappa shape index (κ3) is 8.18. The molecule has 1 aliphatic carbocycles. The highest BCUT2D eigenvalue weighted by atomic mass is 16.5. The van der Waals surface area contributed by atoms with Gasteiger partial charge in [-0.15, -0.1) is 0 Å². The number of hydrogen-bond donors (Lipinski definition) is 3. The Labute approximate surface area is 139 Å². The zero-order valence-corrected chi connectivity index (χ0v) is 14.3. The maximum absolute atomic E-state index is 11.6. The van der Waals surface area contributed by atoms with Crippen LogP contribution in [0.25, 0.3) is 0 Å². The van der Waals surface area contributed by atoms with Crippen molar-refractivity contribution in [2.45, 2.75) is 38.6 Å². The van der Waals surface area contributed by atoms with Crippen LogP contribution in [0.15, 0.2) is 4.99 Å². The van der Waals surface area contributed by atoms with Gasteiger partial charge in [0, 0.05) is 51.7 Å². The van der Waals surface area contributed by atoms with Crippen molar-refractivity contribution in [2.24, 2.45) is 4.99 Å². The fourth-order valence-corrected chi connectivity index (χ4v) is 2.46. The topological polar surface area (TPSA) is 78.0 Å². The molecule has 23 heavy (non-hydrogen) atoms. The summed E-state index contributed by atoms with van der Waals surface area (Å²) in [7, 11) is 0. The van der Waals surface area contributed by atoms with Gasteiger partial charge in [-0.05, 0) is 26.2 Å². The smallest absolute Gasteiger partial charge is 0.220 e. The fourth-order valence-electron chi connectivity index (χ4n) is 2.46. The Hall–Kier alpha value is -1.34. The van der Waals surface area contributed by atoms with Gasteiger partial charge in [-0.3, -0.25) is 14.7 Å². The third-order valence-corrected chi connectivity index (χ3v) is 3.94. The van der Waals surface area contributed by atoms with Crippen LogP contribution in [0.2, 0.25) is 0 Å². The Morgan fingerprint density at radius 1 is 1.26 bits per heavy atom. The molecule has 3 N–H and O–H groups in total. The number of aliphatic imine (C=N–C) groups is 1. The number of nitrogens with zero attached hydrogens (tertiary/aromatic N) is 2. The molecule has 1 saturated carbocycles. The second-order valence-electron chi connectivity index (χ2n) is 6.09. The van der Waals surface area contributed by atoms with Crippen molar-refractivity contribution in [3.05, 3.63) is 0 Å². The van der Waals surface area contributed by atoms with Crippen LogP contribution in [0.1, 0.15) is 32.6 Å². The van der Waals surface area contributed by atoms with Gasteiger partial charge >= 0.3 is 0 Å². The Morgan fingerprint density at radius 2 is 2.04 bits per heavy atom. The van der Waals surface area contributed by atoms with Crippen molar-refractivity contribution >= 4 is 11.9 Å². The molecule has 1 saturated heterocycles. The lowest BCUT2D eigenvalue weighted by Crippen LogP contribution is -2.44. The number of morpholine rings is 1. The largest absolute Gasteiger partial charge is 0.379 e. The van der Waals surface area contributed by atoms with E-state index in [1.54, 1.807) is 0 Å². The van der Waals surface area contributed by atoms with Gasteiger partial charge in [-0.25, -0.2) is 0 Å². The first-order chi connectivity index (χ1) is 11.3. The average molecular weight is 325 g/mol. The van der Waals surface area contributed by atoms with Crippen molar-refractivity contribution in [2.75, 3.05) is 52.5 Å². The molecule has 1 aliphatic heterocycles. The van der Waals surface area contributed by atoms with E-state index in [0.29, 0.717) is 19.0 Å². The summed E-state index contributed by atoms with van der Waals surface area (Å²) in [6, 6.07) is 0.449. The minimum atomic E-state index is 0.160. The molecule has 132 valence electrons. The molecule has 0 atom stereocenters. The van der Waals surface area contributed by atoms with Gasteiger partial charge in [-0.1, -0.05) is 0 Å². The SMILES string of the molecule is CCNC(=NCCCC(=O)NC1CC1)NCCN1CCOCC1. The van der Waals surface area contributed by atoms with E-state index in [1.807, 2.05) is 0 Å². The van der Waals surface area contributed by atoms with Gasteiger partial charge in [0.05, 0.1) is 13.2 Å². The minimum Gasteiger partial charge on any atom is -0.379 e. The monoisotopic (exact) mass is 325 g/mol. The van der Waals surface area contributed by atoms with Crippen molar-refractivity contribution in [1.82, 2.24) is 20.9 Å². The van der Waals surface area contributed by atoms with E-state index in [-0.39, 0.29) is 5.91 Å². The van der Waals surface area contributed by atoms with Gasteiger partial charge in [0.1, 0.15) is 0 Å². The van der Waals surface area contributed by atoms with Crippen LogP contribution in [0.4, 0.5) is 0 Å². The zero-order valence-electron chi connectivity index (χ0n) is 14.3. The van der Waals surface area contributed by atoms with E-state index in [0.717, 1.165) is 71.2 Å². The summed E-state index contributed by atoms with van der Waals surface area (Å²) in [4.78, 5) is 18.5. The Balaban J connectivity index is 1.57. The average Bonchev–Trinajstić information content (AvgIpc) is 3.36. The highest BCUT2D eigenvalue weighted by Crippen LogP contribution is 2.18. The predicted octanol–water partition coefficient (Wildman–Crippen LogP) is -0.0675. The van der Waals surface area contributed by atoms with Gasteiger partial charge < -0.3 is 20.7 Å². The lowest BCUT2D eigenvalue weighted by atomic mass is 10.3. The van der Waals surface area contributed by atoms with E-state index in [9.17, 15) is 4.79 Å². The molecular formula is C16H31N5O2. The van der Waals surface area contributed by atoms with Crippen LogP contribution in [0, 0.1) is 0 Å². The quantitative estimate of drug-likeness (QED) is 0.314. The summed E-state index contributed by atoms with van der Waals surface area (Å²) in [5.74, 6) is 0.997. The number of rotatable bonds is 9. The molecule has 2 aliphatic rings. The summed E-state index contributed by atoms with van der Waals surface area (Å²) in [5, 5.41) is 9.60. The van der Waals surface area contributed by atoms with Crippen LogP contribution >= 0.6 is 0 Å². The van der Waals surface area contributed by atoms with E-state index in [1.165, 1.54) is 0 Å². The third-order valence-electron chi connectivity index (χ3n) is 3.94. The van der Waals surface area contributed by atoms with Crippen LogP contribution in [0.3, 0.4) is 0 Å². The van der Waals surface area contributed by atoms with Crippen molar-refractivity contribution in [1.29, 1.82) is 0 Å². The van der Waals surface area contributed by atoms with Crippen molar-refractivity contribution in [3.8, 4) is 0 Å². The summed E-state index contributed by atoms with van der Waals surface area (Å²) in [6.07, 6.45) is 3.63. The first-order valence-corrected chi connectivity index (χ1v) is 8.89. The Bertz CT molecular complexity index is 379. The molecular weight excluding hydrogens is 294 g/mol. The van der Waals surface area contributed by atoms with Gasteiger partial charge in [-0.2, -0.15) is 0 Å². The fraction of sp³-hybridized carbons (Fsp3) is 0.875. The van der Waals surface area contributed by atoms with Crippen LogP contribution < -0.4 is 16.0 Å². The van der Waals surface area contributed by atoms with Gasteiger partial charge in [0.2, 0.25) is 5.91 Å². The highest BCUT2D eigenvalue weighted by Gasteiger charge is 2.22. The standard InChI is InChI=1S/C16H31N5O2/c1-2-17-16(19-8-9-21-10-12-23-13-11-21)18-7-3-4-15(22)20-14-5-6-14/h14H,2-13H2,1H3,(H,20,22)(H2,17,18,19). The molecule has 2 fully saturated rings. The number of ether oxygens (including phenoxy) is 1. The lowest BCUT2D eigenvalue weighted by molar-refractivity contribution is -0.121. The number of carbonyl (C=O) groups excluding carboxylic acids is 1. The Kier molecular flexibility index (Phi) is 8.17. The van der Waals surface area contributed by atoms with Crippen LogP contribution in [-0.2, 0) is 9.53 Å².